The lowest BCUT2D eigenvalue weighted by Gasteiger charge is -2.16. The van der Waals surface area contributed by atoms with Gasteiger partial charge in [0.2, 0.25) is 11.8 Å². The van der Waals surface area contributed by atoms with Gasteiger partial charge in [0.1, 0.15) is 11.6 Å². The van der Waals surface area contributed by atoms with Gasteiger partial charge >= 0.3 is 0 Å². The molecule has 1 aliphatic heterocycles. The van der Waals surface area contributed by atoms with Crippen molar-refractivity contribution in [2.24, 2.45) is 0 Å². The van der Waals surface area contributed by atoms with Crippen molar-refractivity contribution in [3.05, 3.63) is 41.5 Å². The van der Waals surface area contributed by atoms with Gasteiger partial charge in [-0.1, -0.05) is 12.1 Å². The minimum absolute atomic E-state index is 0.0686. The topological polar surface area (TPSA) is 59.2 Å². The van der Waals surface area contributed by atoms with Gasteiger partial charge < -0.3 is 9.42 Å². The summed E-state index contributed by atoms with van der Waals surface area (Å²) in [6.07, 6.45) is 0.808. The summed E-state index contributed by atoms with van der Waals surface area (Å²) in [5.74, 6) is -1.00. The number of nitrogens with zero attached hydrogens (tertiary/aromatic N) is 3. The maximum Gasteiger partial charge on any atom is 0.232 e. The highest BCUT2D eigenvalue weighted by molar-refractivity contribution is 5.96. The van der Waals surface area contributed by atoms with E-state index in [4.69, 9.17) is 4.52 Å². The van der Waals surface area contributed by atoms with E-state index in [1.54, 1.807) is 0 Å². The average molecular weight is 293 g/mol. The highest BCUT2D eigenvalue weighted by atomic mass is 19.1. The fraction of sp³-hybridized carbons (Fsp3) is 0.357. The van der Waals surface area contributed by atoms with Crippen LogP contribution in [0.15, 0.2) is 22.7 Å². The lowest BCUT2D eigenvalue weighted by Crippen LogP contribution is -2.25. The Morgan fingerprint density at radius 2 is 2.24 bits per heavy atom. The third-order valence-corrected chi connectivity index (χ3v) is 3.47. The fourth-order valence-corrected chi connectivity index (χ4v) is 2.38. The summed E-state index contributed by atoms with van der Waals surface area (Å²) in [5, 5.41) is 3.79. The molecule has 110 valence electrons. The molecule has 0 spiro atoms. The highest BCUT2D eigenvalue weighted by Crippen LogP contribution is 2.32. The molecular weight excluding hydrogens is 280 g/mol. The number of rotatable bonds is 3. The lowest BCUT2D eigenvalue weighted by molar-refractivity contribution is -0.117. The monoisotopic (exact) mass is 293 g/mol. The van der Waals surface area contributed by atoms with E-state index in [9.17, 15) is 13.6 Å². The molecule has 3 rings (SSSR count). The molecule has 1 saturated heterocycles. The molecule has 0 bridgehead atoms. The molecule has 0 N–H and O–H groups in total. The predicted octanol–water partition coefficient (Wildman–Crippen LogP) is 2.43. The van der Waals surface area contributed by atoms with Crippen LogP contribution < -0.4 is 4.90 Å². The smallest absolute Gasteiger partial charge is 0.232 e. The van der Waals surface area contributed by atoms with Gasteiger partial charge in [0, 0.05) is 25.5 Å². The molecule has 1 amide bonds. The van der Waals surface area contributed by atoms with Gasteiger partial charge in [-0.3, -0.25) is 4.79 Å². The Balaban J connectivity index is 1.84. The molecule has 2 aromatic rings. The van der Waals surface area contributed by atoms with Crippen LogP contribution in [0.3, 0.4) is 0 Å². The van der Waals surface area contributed by atoms with Crippen molar-refractivity contribution in [1.29, 1.82) is 0 Å². The lowest BCUT2D eigenvalue weighted by atomic mass is 10.1. The predicted molar refractivity (Wildman–Crippen MR) is 69.7 cm³/mol. The Morgan fingerprint density at radius 3 is 2.90 bits per heavy atom. The summed E-state index contributed by atoms with van der Waals surface area (Å²) in [6, 6.07) is 3.15. The number of hydrogen-bond acceptors (Lipinski definition) is 4. The van der Waals surface area contributed by atoms with Gasteiger partial charge in [-0.15, -0.1) is 0 Å². The van der Waals surface area contributed by atoms with E-state index in [0.29, 0.717) is 18.1 Å². The minimum atomic E-state index is -0.760. The molecule has 1 aromatic carbocycles. The van der Waals surface area contributed by atoms with Crippen LogP contribution in [0.1, 0.15) is 31.0 Å². The summed E-state index contributed by atoms with van der Waals surface area (Å²) < 4.78 is 31.8. The minimum Gasteiger partial charge on any atom is -0.339 e. The van der Waals surface area contributed by atoms with Crippen molar-refractivity contribution in [2.45, 2.75) is 25.7 Å². The third kappa shape index (κ3) is 2.51. The van der Waals surface area contributed by atoms with Crippen LogP contribution in [0.2, 0.25) is 0 Å². The first-order valence-corrected chi connectivity index (χ1v) is 6.66. The maximum absolute atomic E-state index is 13.8. The van der Waals surface area contributed by atoms with E-state index < -0.39 is 11.6 Å². The molecule has 1 unspecified atom stereocenters. The van der Waals surface area contributed by atoms with Crippen molar-refractivity contribution in [2.75, 3.05) is 11.4 Å². The maximum atomic E-state index is 13.8. The molecule has 7 heteroatoms. The molecule has 1 fully saturated rings. The highest BCUT2D eigenvalue weighted by Gasteiger charge is 2.36. The molecule has 5 nitrogen and oxygen atoms in total. The van der Waals surface area contributed by atoms with Gasteiger partial charge in [0.25, 0.3) is 0 Å². The summed E-state index contributed by atoms with van der Waals surface area (Å²) >= 11 is 0. The van der Waals surface area contributed by atoms with Crippen LogP contribution in [0.4, 0.5) is 14.5 Å². The van der Waals surface area contributed by atoms with Crippen LogP contribution in [0, 0.1) is 11.6 Å². The number of carbonyl (C=O) groups is 1. The van der Waals surface area contributed by atoms with Crippen molar-refractivity contribution in [3.63, 3.8) is 0 Å². The van der Waals surface area contributed by atoms with Crippen LogP contribution >= 0.6 is 0 Å². The summed E-state index contributed by atoms with van der Waals surface area (Å²) in [7, 11) is 0. The zero-order valence-corrected chi connectivity index (χ0v) is 11.3. The van der Waals surface area contributed by atoms with E-state index in [-0.39, 0.29) is 30.5 Å². The summed E-state index contributed by atoms with van der Waals surface area (Å²) in [4.78, 5) is 17.5. The number of amides is 1. The molecule has 0 radical (unpaired) electrons. The zero-order chi connectivity index (χ0) is 15.0. The van der Waals surface area contributed by atoms with Crippen molar-refractivity contribution >= 4 is 11.6 Å². The number of hydrogen-bond donors (Lipinski definition) is 0. The number of aryl methyl sites for hydroxylation is 1. The Kier molecular flexibility index (Phi) is 3.40. The number of benzene rings is 1. The van der Waals surface area contributed by atoms with E-state index in [1.807, 2.05) is 6.92 Å². The molecule has 0 saturated carbocycles. The van der Waals surface area contributed by atoms with Crippen molar-refractivity contribution in [1.82, 2.24) is 10.1 Å². The second-order valence-corrected chi connectivity index (χ2v) is 4.90. The summed E-state index contributed by atoms with van der Waals surface area (Å²) in [5.41, 5.74) is 0.0686. The average Bonchev–Trinajstić information content (AvgIpc) is 3.05. The molecule has 2 heterocycles. The van der Waals surface area contributed by atoms with Gasteiger partial charge in [-0.05, 0) is 12.1 Å². The first-order valence-electron chi connectivity index (χ1n) is 6.66. The Bertz CT molecular complexity index is 687. The molecule has 1 aromatic heterocycles. The number of halogens is 2. The Labute approximate surface area is 119 Å². The largest absolute Gasteiger partial charge is 0.339 e. The quantitative estimate of drug-likeness (QED) is 0.872. The fourth-order valence-electron chi connectivity index (χ4n) is 2.38. The third-order valence-electron chi connectivity index (χ3n) is 3.47. The van der Waals surface area contributed by atoms with Gasteiger partial charge in [-0.25, -0.2) is 8.78 Å². The Morgan fingerprint density at radius 1 is 1.43 bits per heavy atom. The van der Waals surface area contributed by atoms with Crippen LogP contribution in [-0.2, 0) is 11.2 Å². The van der Waals surface area contributed by atoms with E-state index in [2.05, 4.69) is 10.1 Å². The number of anilines is 1. The van der Waals surface area contributed by atoms with Crippen LogP contribution in [0.25, 0.3) is 0 Å². The Hall–Kier alpha value is -2.31. The van der Waals surface area contributed by atoms with Crippen LogP contribution in [-0.4, -0.2) is 22.6 Å². The normalized spacial score (nSPS) is 18.5. The van der Waals surface area contributed by atoms with E-state index in [0.717, 1.165) is 12.1 Å². The van der Waals surface area contributed by atoms with Gasteiger partial charge in [-0.2, -0.15) is 4.98 Å². The van der Waals surface area contributed by atoms with Crippen molar-refractivity contribution in [3.8, 4) is 0 Å². The second kappa shape index (κ2) is 5.23. The second-order valence-electron chi connectivity index (χ2n) is 4.90. The molecule has 21 heavy (non-hydrogen) atoms. The molecule has 0 aliphatic carbocycles. The number of carbonyl (C=O) groups excluding carboxylic acids is 1. The first kappa shape index (κ1) is 13.7. The van der Waals surface area contributed by atoms with E-state index in [1.165, 1.54) is 11.0 Å². The van der Waals surface area contributed by atoms with Crippen molar-refractivity contribution < 1.29 is 18.1 Å². The molecular formula is C14H13F2N3O2. The summed E-state index contributed by atoms with van der Waals surface area (Å²) in [6.45, 7) is 2.14. The van der Waals surface area contributed by atoms with E-state index >= 15 is 0 Å². The standard InChI is InChI=1S/C14H13F2N3O2/c1-2-12-17-14(21-18-12)8-5-13(20)19(7-8)11-4-3-9(15)6-10(11)16/h3-4,6,8H,2,5,7H2,1H3. The number of aromatic nitrogens is 2. The molecule has 1 atom stereocenters. The van der Waals surface area contributed by atoms with Gasteiger partial charge in [0.15, 0.2) is 5.82 Å². The first-order chi connectivity index (χ1) is 10.1. The SMILES string of the molecule is CCc1noc(C2CC(=O)N(c3ccc(F)cc3F)C2)n1. The van der Waals surface area contributed by atoms with Gasteiger partial charge in [0.05, 0.1) is 11.6 Å². The molecule has 1 aliphatic rings. The zero-order valence-electron chi connectivity index (χ0n) is 11.3. The van der Waals surface area contributed by atoms with Crippen LogP contribution in [0.5, 0.6) is 0 Å².